The average Bonchev–Trinajstić information content (AvgIpc) is 2.81. The number of aryl methyl sites for hydroxylation is 2. The van der Waals surface area contributed by atoms with Crippen LogP contribution in [0.25, 0.3) is 0 Å². The summed E-state index contributed by atoms with van der Waals surface area (Å²) in [6.45, 7) is 17.0. The van der Waals surface area contributed by atoms with Gasteiger partial charge < -0.3 is 19.9 Å². The van der Waals surface area contributed by atoms with Crippen LogP contribution in [0.2, 0.25) is 0 Å². The lowest BCUT2D eigenvalue weighted by molar-refractivity contribution is -0.124. The highest BCUT2D eigenvalue weighted by Crippen LogP contribution is 2.25. The molecule has 7 nitrogen and oxygen atoms in total. The van der Waals surface area contributed by atoms with E-state index < -0.39 is 23.2 Å². The lowest BCUT2D eigenvalue weighted by Gasteiger charge is -2.36. The van der Waals surface area contributed by atoms with E-state index in [4.69, 9.17) is 9.26 Å². The van der Waals surface area contributed by atoms with Crippen LogP contribution in [0.5, 0.6) is 0 Å². The predicted molar refractivity (Wildman–Crippen MR) is 100 cm³/mol. The first-order valence-corrected chi connectivity index (χ1v) is 8.98. The van der Waals surface area contributed by atoms with E-state index in [0.717, 1.165) is 5.56 Å². The van der Waals surface area contributed by atoms with Gasteiger partial charge in [0.05, 0.1) is 17.2 Å². The Balaban J connectivity index is 2.83. The fourth-order valence-electron chi connectivity index (χ4n) is 2.59. The number of ether oxygens (including phenoxy) is 1. The molecular formula is C19H33N3O4. The van der Waals surface area contributed by atoms with Gasteiger partial charge in [-0.05, 0) is 54.4 Å². The second-order valence-corrected chi connectivity index (χ2v) is 8.38. The van der Waals surface area contributed by atoms with Crippen molar-refractivity contribution in [1.82, 2.24) is 15.8 Å². The largest absolute Gasteiger partial charge is 0.444 e. The van der Waals surface area contributed by atoms with Crippen LogP contribution in [-0.2, 0) is 9.53 Å². The van der Waals surface area contributed by atoms with Gasteiger partial charge in [0.1, 0.15) is 11.4 Å². The Labute approximate surface area is 156 Å². The molecule has 148 valence electrons. The molecule has 0 saturated carbocycles. The maximum Gasteiger partial charge on any atom is 0.407 e. The van der Waals surface area contributed by atoms with Crippen molar-refractivity contribution >= 4 is 12.0 Å². The molecule has 2 amide bonds. The van der Waals surface area contributed by atoms with Gasteiger partial charge in [-0.3, -0.25) is 4.79 Å². The highest BCUT2D eigenvalue weighted by molar-refractivity contribution is 5.84. The van der Waals surface area contributed by atoms with E-state index in [-0.39, 0.29) is 18.4 Å². The number of alkyl carbamates (subject to hydrolysis) is 1. The third kappa shape index (κ3) is 5.75. The molecule has 1 rings (SSSR count). The van der Waals surface area contributed by atoms with Crippen molar-refractivity contribution in [2.75, 3.05) is 6.54 Å². The van der Waals surface area contributed by atoms with Gasteiger partial charge in [-0.2, -0.15) is 0 Å². The van der Waals surface area contributed by atoms with Gasteiger partial charge >= 0.3 is 6.09 Å². The normalized spacial score (nSPS) is 15.3. The smallest absolute Gasteiger partial charge is 0.407 e. The topological polar surface area (TPSA) is 93.5 Å². The Kier molecular flexibility index (Phi) is 6.85. The number of rotatable bonds is 6. The zero-order valence-electron chi connectivity index (χ0n) is 17.4. The van der Waals surface area contributed by atoms with Crippen LogP contribution in [0.3, 0.4) is 0 Å². The Morgan fingerprint density at radius 1 is 1.15 bits per heavy atom. The summed E-state index contributed by atoms with van der Waals surface area (Å²) in [5.41, 5.74) is 0.317. The first kappa shape index (κ1) is 22.0. The highest BCUT2D eigenvalue weighted by atomic mass is 16.6. The molecule has 2 N–H and O–H groups in total. The number of amides is 2. The molecule has 0 aliphatic rings. The van der Waals surface area contributed by atoms with Crippen LogP contribution in [-0.4, -0.2) is 34.8 Å². The van der Waals surface area contributed by atoms with Crippen LogP contribution in [0.15, 0.2) is 4.52 Å². The number of nitrogens with one attached hydrogen (secondary N) is 2. The molecule has 0 spiro atoms. The van der Waals surface area contributed by atoms with Crippen LogP contribution < -0.4 is 10.6 Å². The summed E-state index contributed by atoms with van der Waals surface area (Å²) in [6, 6.07) is 0. The molecule has 1 aromatic heterocycles. The Hall–Kier alpha value is -2.05. The van der Waals surface area contributed by atoms with E-state index in [1.54, 1.807) is 27.7 Å². The SMILES string of the molecule is Cc1noc(C)c1C(C)C(=O)NC(C)(CNC(=O)OC(C)(C)C)C(C)C. The lowest BCUT2D eigenvalue weighted by atomic mass is 9.87. The summed E-state index contributed by atoms with van der Waals surface area (Å²) in [6.07, 6.45) is -0.502. The van der Waals surface area contributed by atoms with Gasteiger partial charge in [-0.1, -0.05) is 19.0 Å². The summed E-state index contributed by atoms with van der Waals surface area (Å²) >= 11 is 0. The summed E-state index contributed by atoms with van der Waals surface area (Å²) in [4.78, 5) is 24.8. The van der Waals surface area contributed by atoms with Gasteiger partial charge in [0, 0.05) is 12.1 Å². The average molecular weight is 367 g/mol. The van der Waals surface area contributed by atoms with Gasteiger partial charge in [0.15, 0.2) is 0 Å². The van der Waals surface area contributed by atoms with Crippen molar-refractivity contribution in [3.8, 4) is 0 Å². The number of hydrogen-bond donors (Lipinski definition) is 2. The Morgan fingerprint density at radius 3 is 2.15 bits per heavy atom. The van der Waals surface area contributed by atoms with Crippen molar-refractivity contribution in [3.05, 3.63) is 17.0 Å². The monoisotopic (exact) mass is 367 g/mol. The molecular weight excluding hydrogens is 334 g/mol. The molecule has 2 atom stereocenters. The first-order valence-electron chi connectivity index (χ1n) is 8.98. The molecule has 26 heavy (non-hydrogen) atoms. The molecule has 0 aromatic carbocycles. The lowest BCUT2D eigenvalue weighted by Crippen LogP contribution is -2.58. The Bertz CT molecular complexity index is 626. The van der Waals surface area contributed by atoms with Crippen molar-refractivity contribution in [1.29, 1.82) is 0 Å². The molecule has 0 aliphatic carbocycles. The Morgan fingerprint density at radius 2 is 1.73 bits per heavy atom. The van der Waals surface area contributed by atoms with E-state index >= 15 is 0 Å². The maximum atomic E-state index is 12.8. The van der Waals surface area contributed by atoms with Crippen molar-refractivity contribution in [2.45, 2.75) is 79.4 Å². The third-order valence-corrected chi connectivity index (χ3v) is 4.60. The number of nitrogens with zero attached hydrogens (tertiary/aromatic N) is 1. The first-order chi connectivity index (χ1) is 11.8. The highest BCUT2D eigenvalue weighted by Gasteiger charge is 2.34. The standard InChI is InChI=1S/C19H33N3O4/c1-11(2)19(9,10-20-17(24)25-18(6,7)8)21-16(23)12(3)15-13(4)22-26-14(15)5/h11-12H,10H2,1-9H3,(H,20,24)(H,21,23). The van der Waals surface area contributed by atoms with Crippen molar-refractivity contribution in [2.24, 2.45) is 5.92 Å². The van der Waals surface area contributed by atoms with E-state index in [1.165, 1.54) is 0 Å². The zero-order valence-corrected chi connectivity index (χ0v) is 17.4. The molecule has 0 radical (unpaired) electrons. The van der Waals surface area contributed by atoms with E-state index in [2.05, 4.69) is 15.8 Å². The summed E-state index contributed by atoms with van der Waals surface area (Å²) in [5, 5.41) is 9.75. The quantitative estimate of drug-likeness (QED) is 0.803. The van der Waals surface area contributed by atoms with Crippen LogP contribution in [0.4, 0.5) is 4.79 Å². The molecule has 0 aliphatic heterocycles. The second-order valence-electron chi connectivity index (χ2n) is 8.38. The molecule has 1 aromatic rings. The van der Waals surface area contributed by atoms with Gasteiger partial charge in [0.2, 0.25) is 5.91 Å². The van der Waals surface area contributed by atoms with Gasteiger partial charge in [-0.25, -0.2) is 4.79 Å². The second kappa shape index (κ2) is 8.10. The summed E-state index contributed by atoms with van der Waals surface area (Å²) in [5.74, 6) is 0.198. The van der Waals surface area contributed by atoms with Gasteiger partial charge in [-0.15, -0.1) is 0 Å². The van der Waals surface area contributed by atoms with E-state index in [1.807, 2.05) is 34.6 Å². The van der Waals surface area contributed by atoms with Gasteiger partial charge in [0.25, 0.3) is 0 Å². The van der Waals surface area contributed by atoms with Crippen LogP contribution in [0.1, 0.15) is 71.4 Å². The minimum absolute atomic E-state index is 0.0956. The summed E-state index contributed by atoms with van der Waals surface area (Å²) in [7, 11) is 0. The maximum absolute atomic E-state index is 12.8. The third-order valence-electron chi connectivity index (χ3n) is 4.60. The number of carbonyl (C=O) groups excluding carboxylic acids is 2. The van der Waals surface area contributed by atoms with Crippen LogP contribution in [0, 0.1) is 19.8 Å². The summed E-state index contributed by atoms with van der Waals surface area (Å²) < 4.78 is 10.4. The van der Waals surface area contributed by atoms with Crippen molar-refractivity contribution in [3.63, 3.8) is 0 Å². The minimum atomic E-state index is -0.624. The molecule has 2 unspecified atom stereocenters. The fourth-order valence-corrected chi connectivity index (χ4v) is 2.59. The molecule has 0 fully saturated rings. The molecule has 0 bridgehead atoms. The molecule has 0 saturated heterocycles. The minimum Gasteiger partial charge on any atom is -0.444 e. The number of carbonyl (C=O) groups is 2. The molecule has 7 heteroatoms. The molecule has 1 heterocycles. The van der Waals surface area contributed by atoms with Crippen LogP contribution >= 0.6 is 0 Å². The van der Waals surface area contributed by atoms with E-state index in [0.29, 0.717) is 11.5 Å². The van der Waals surface area contributed by atoms with Crippen molar-refractivity contribution < 1.29 is 18.8 Å². The number of aromatic nitrogens is 1. The number of hydrogen-bond acceptors (Lipinski definition) is 5. The zero-order chi connectivity index (χ0) is 20.3. The fraction of sp³-hybridized carbons (Fsp3) is 0.737. The van der Waals surface area contributed by atoms with E-state index in [9.17, 15) is 9.59 Å². The predicted octanol–water partition coefficient (Wildman–Crippen LogP) is 3.45.